The summed E-state index contributed by atoms with van der Waals surface area (Å²) < 4.78 is 11.1. The van der Waals surface area contributed by atoms with Gasteiger partial charge in [0.1, 0.15) is 6.61 Å². The van der Waals surface area contributed by atoms with Crippen molar-refractivity contribution in [3.63, 3.8) is 0 Å². The van der Waals surface area contributed by atoms with E-state index in [-0.39, 0.29) is 43.9 Å². The van der Waals surface area contributed by atoms with Crippen LogP contribution in [0.5, 0.6) is 0 Å². The van der Waals surface area contributed by atoms with Gasteiger partial charge >= 0.3 is 12.1 Å². The topological polar surface area (TPSA) is 105 Å². The lowest BCUT2D eigenvalue weighted by molar-refractivity contribution is -0.150. The van der Waals surface area contributed by atoms with Crippen LogP contribution in [-0.2, 0) is 19.1 Å². The van der Waals surface area contributed by atoms with Gasteiger partial charge in [-0.1, -0.05) is 62.4 Å². The number of fused-ring (bicyclic) bond motifs is 3. The van der Waals surface area contributed by atoms with E-state index in [0.717, 1.165) is 22.3 Å². The Kier molecular flexibility index (Phi) is 7.70. The number of rotatable bonds is 8. The summed E-state index contributed by atoms with van der Waals surface area (Å²) in [7, 11) is 0. The number of ether oxygens (including phenoxy) is 2. The first-order valence-electron chi connectivity index (χ1n) is 12.1. The second kappa shape index (κ2) is 10.9. The Morgan fingerprint density at radius 3 is 2.31 bits per heavy atom. The smallest absolute Gasteiger partial charge is 0.407 e. The molecule has 4 rings (SSSR count). The number of carbonyl (C=O) groups excluding carboxylic acids is 2. The molecule has 1 aliphatic carbocycles. The van der Waals surface area contributed by atoms with E-state index in [4.69, 9.17) is 14.6 Å². The van der Waals surface area contributed by atoms with Crippen LogP contribution >= 0.6 is 0 Å². The van der Waals surface area contributed by atoms with Gasteiger partial charge in [-0.15, -0.1) is 0 Å². The van der Waals surface area contributed by atoms with E-state index in [1.807, 2.05) is 38.1 Å². The van der Waals surface area contributed by atoms with Crippen LogP contribution in [0.3, 0.4) is 0 Å². The normalized spacial score (nSPS) is 18.0. The molecule has 1 fully saturated rings. The Hall–Kier alpha value is -3.39. The van der Waals surface area contributed by atoms with Gasteiger partial charge < -0.3 is 24.8 Å². The van der Waals surface area contributed by atoms with E-state index in [1.165, 1.54) is 0 Å². The summed E-state index contributed by atoms with van der Waals surface area (Å²) in [4.78, 5) is 38.4. The molecule has 1 aliphatic heterocycles. The number of amides is 2. The van der Waals surface area contributed by atoms with Gasteiger partial charge in [-0.25, -0.2) is 4.79 Å². The zero-order valence-corrected chi connectivity index (χ0v) is 20.1. The molecule has 2 N–H and O–H groups in total. The minimum Gasteiger partial charge on any atom is -0.481 e. The van der Waals surface area contributed by atoms with Gasteiger partial charge in [0.15, 0.2) is 0 Å². The third-order valence-electron chi connectivity index (χ3n) is 6.78. The summed E-state index contributed by atoms with van der Waals surface area (Å²) in [5.74, 6) is -1.56. The highest BCUT2D eigenvalue weighted by Crippen LogP contribution is 2.44. The lowest BCUT2D eigenvalue weighted by Crippen LogP contribution is -2.51. The maximum atomic E-state index is 13.2. The molecule has 0 radical (unpaired) electrons. The van der Waals surface area contributed by atoms with Crippen LogP contribution in [0.1, 0.15) is 37.3 Å². The molecule has 0 aromatic heterocycles. The molecule has 2 aliphatic rings. The number of carboxylic acids is 1. The molecule has 1 saturated heterocycles. The van der Waals surface area contributed by atoms with E-state index in [1.54, 1.807) is 4.90 Å². The molecule has 0 spiro atoms. The molecule has 2 atom stereocenters. The number of nitrogens with one attached hydrogen (secondary N) is 1. The number of benzene rings is 2. The van der Waals surface area contributed by atoms with Crippen molar-refractivity contribution in [3.05, 3.63) is 59.7 Å². The first-order valence-corrected chi connectivity index (χ1v) is 12.1. The van der Waals surface area contributed by atoms with Gasteiger partial charge in [0.25, 0.3) is 0 Å². The summed E-state index contributed by atoms with van der Waals surface area (Å²) >= 11 is 0. The predicted molar refractivity (Wildman–Crippen MR) is 130 cm³/mol. The second-order valence-electron chi connectivity index (χ2n) is 9.43. The zero-order valence-electron chi connectivity index (χ0n) is 20.1. The fraction of sp³-hybridized carbons (Fsp3) is 0.444. The van der Waals surface area contributed by atoms with Gasteiger partial charge in [0.05, 0.1) is 25.0 Å². The van der Waals surface area contributed by atoms with Gasteiger partial charge in [-0.2, -0.15) is 0 Å². The molecule has 2 aromatic carbocycles. The second-order valence-corrected chi connectivity index (χ2v) is 9.43. The van der Waals surface area contributed by atoms with E-state index in [0.29, 0.717) is 13.2 Å². The van der Waals surface area contributed by atoms with E-state index in [2.05, 4.69) is 29.6 Å². The third-order valence-corrected chi connectivity index (χ3v) is 6.78. The summed E-state index contributed by atoms with van der Waals surface area (Å²) in [6.45, 7) is 5.15. The van der Waals surface area contributed by atoms with E-state index in [9.17, 15) is 14.4 Å². The maximum absolute atomic E-state index is 13.2. The number of carbonyl (C=O) groups is 3. The number of alkyl carbamates (subject to hydrolysis) is 1. The number of hydrogen-bond acceptors (Lipinski definition) is 5. The molecule has 8 heteroatoms. The van der Waals surface area contributed by atoms with Gasteiger partial charge in [0, 0.05) is 25.6 Å². The average Bonchev–Trinajstić information content (AvgIpc) is 3.16. The quantitative estimate of drug-likeness (QED) is 0.599. The molecular formula is C27H32N2O6. The molecular weight excluding hydrogens is 448 g/mol. The van der Waals surface area contributed by atoms with Crippen molar-refractivity contribution in [1.29, 1.82) is 0 Å². The number of morpholine rings is 1. The lowest BCUT2D eigenvalue weighted by atomic mass is 9.93. The van der Waals surface area contributed by atoms with Gasteiger partial charge in [-0.3, -0.25) is 9.59 Å². The summed E-state index contributed by atoms with van der Waals surface area (Å²) in [5.41, 5.74) is 4.60. The van der Waals surface area contributed by atoms with Gasteiger partial charge in [-0.05, 0) is 28.2 Å². The molecule has 2 amide bonds. The Labute approximate surface area is 205 Å². The first-order chi connectivity index (χ1) is 16.8. The SMILES string of the molecule is CC(C)C(CNC(=O)OCC1c2ccccc2-c2ccccc21)C(=O)N1CCOC(CC(=O)O)C1. The van der Waals surface area contributed by atoms with Crippen LogP contribution in [-0.4, -0.2) is 66.9 Å². The highest BCUT2D eigenvalue weighted by Gasteiger charge is 2.33. The standard InChI is InChI=1S/C27H32N2O6/c1-17(2)23(26(32)29-11-12-34-18(15-29)13-25(30)31)14-28-27(33)35-16-24-21-9-5-3-7-19(21)20-8-4-6-10-22(20)24/h3-10,17-18,23-24H,11-16H2,1-2H3,(H,28,33)(H,30,31). The van der Waals surface area contributed by atoms with Gasteiger partial charge in [0.2, 0.25) is 5.91 Å². The van der Waals surface area contributed by atoms with Crippen molar-refractivity contribution in [2.75, 3.05) is 32.8 Å². The number of carboxylic acid groups (broad SMARTS) is 1. The molecule has 1 heterocycles. The zero-order chi connectivity index (χ0) is 24.9. The van der Waals surface area contributed by atoms with Crippen LogP contribution in [0, 0.1) is 11.8 Å². The minimum absolute atomic E-state index is 0.0165. The molecule has 0 saturated carbocycles. The highest BCUT2D eigenvalue weighted by molar-refractivity contribution is 5.81. The molecule has 2 unspecified atom stereocenters. The third kappa shape index (κ3) is 5.65. The maximum Gasteiger partial charge on any atom is 0.407 e. The summed E-state index contributed by atoms with van der Waals surface area (Å²) in [5, 5.41) is 11.8. The van der Waals surface area contributed by atoms with E-state index >= 15 is 0 Å². The Bertz CT molecular complexity index is 1040. The molecule has 186 valence electrons. The largest absolute Gasteiger partial charge is 0.481 e. The van der Waals surface area contributed by atoms with Crippen molar-refractivity contribution in [1.82, 2.24) is 10.2 Å². The Morgan fingerprint density at radius 2 is 1.71 bits per heavy atom. The van der Waals surface area contributed by atoms with Crippen molar-refractivity contribution < 1.29 is 29.0 Å². The highest BCUT2D eigenvalue weighted by atomic mass is 16.5. The molecule has 35 heavy (non-hydrogen) atoms. The van der Waals surface area contributed by atoms with Crippen LogP contribution in [0.2, 0.25) is 0 Å². The van der Waals surface area contributed by atoms with Crippen molar-refractivity contribution in [2.24, 2.45) is 11.8 Å². The van der Waals surface area contributed by atoms with E-state index < -0.39 is 24.1 Å². The Morgan fingerprint density at radius 1 is 1.09 bits per heavy atom. The van der Waals surface area contributed by atoms with Crippen LogP contribution in [0.15, 0.2) is 48.5 Å². The van der Waals surface area contributed by atoms with Crippen LogP contribution in [0.25, 0.3) is 11.1 Å². The predicted octanol–water partition coefficient (Wildman–Crippen LogP) is 3.50. The molecule has 8 nitrogen and oxygen atoms in total. The monoisotopic (exact) mass is 480 g/mol. The number of hydrogen-bond donors (Lipinski definition) is 2. The fourth-order valence-electron chi connectivity index (χ4n) is 4.92. The van der Waals surface area contributed by atoms with Crippen molar-refractivity contribution in [2.45, 2.75) is 32.3 Å². The first kappa shape index (κ1) is 24.7. The molecule has 2 aromatic rings. The number of aliphatic carboxylic acids is 1. The van der Waals surface area contributed by atoms with Crippen molar-refractivity contribution >= 4 is 18.0 Å². The van der Waals surface area contributed by atoms with Crippen LogP contribution < -0.4 is 5.32 Å². The fourth-order valence-corrected chi connectivity index (χ4v) is 4.92. The number of nitrogens with zero attached hydrogens (tertiary/aromatic N) is 1. The van der Waals surface area contributed by atoms with Crippen molar-refractivity contribution in [3.8, 4) is 11.1 Å². The summed E-state index contributed by atoms with van der Waals surface area (Å²) in [6, 6.07) is 16.3. The average molecular weight is 481 g/mol. The minimum atomic E-state index is -0.957. The summed E-state index contributed by atoms with van der Waals surface area (Å²) in [6.07, 6.45) is -1.22. The van der Waals surface area contributed by atoms with Crippen LogP contribution in [0.4, 0.5) is 4.79 Å². The Balaban J connectivity index is 1.33. The lowest BCUT2D eigenvalue weighted by Gasteiger charge is -2.35. The molecule has 0 bridgehead atoms.